The summed E-state index contributed by atoms with van der Waals surface area (Å²) in [5.74, 6) is 4.82. The Hall–Kier alpha value is -0.660. The van der Waals surface area contributed by atoms with Crippen LogP contribution >= 0.6 is 0 Å². The van der Waals surface area contributed by atoms with E-state index in [1.54, 1.807) is 0 Å². The number of hydrogen-bond donors (Lipinski definition) is 0. The topological polar surface area (TPSA) is 34.1 Å². The summed E-state index contributed by atoms with van der Waals surface area (Å²) in [6, 6.07) is 0. The SMILES string of the molecule is CC(C)CCC[C@H](C)[C@@H]1CC[C@H]2[C@H]3CC[C@@H]4CCC(=O)C(=O)[C@]4(C)[C@H]3CC[C@@]21C. The minimum absolute atomic E-state index is 0.00338. The van der Waals surface area contributed by atoms with Gasteiger partial charge < -0.3 is 0 Å². The summed E-state index contributed by atoms with van der Waals surface area (Å²) in [5.41, 5.74) is 0.115. The van der Waals surface area contributed by atoms with Crippen LogP contribution in [0.3, 0.4) is 0 Å². The van der Waals surface area contributed by atoms with Crippen LogP contribution in [-0.4, -0.2) is 11.6 Å². The largest absolute Gasteiger partial charge is 0.291 e. The van der Waals surface area contributed by atoms with E-state index < -0.39 is 0 Å². The van der Waals surface area contributed by atoms with Gasteiger partial charge in [-0.2, -0.15) is 0 Å². The Labute approximate surface area is 179 Å². The summed E-state index contributed by atoms with van der Waals surface area (Å²) >= 11 is 0. The number of carbonyl (C=O) groups excluding carboxylic acids is 2. The predicted octanol–water partition coefficient (Wildman–Crippen LogP) is 6.86. The van der Waals surface area contributed by atoms with Gasteiger partial charge in [0, 0.05) is 11.8 Å². The molecule has 2 heteroatoms. The predicted molar refractivity (Wildman–Crippen MR) is 118 cm³/mol. The second kappa shape index (κ2) is 7.79. The maximum absolute atomic E-state index is 13.1. The van der Waals surface area contributed by atoms with Gasteiger partial charge in [0.05, 0.1) is 0 Å². The molecule has 0 aromatic rings. The molecule has 2 nitrogen and oxygen atoms in total. The zero-order chi connectivity index (χ0) is 21.0. The lowest BCUT2D eigenvalue weighted by molar-refractivity contribution is -0.163. The van der Waals surface area contributed by atoms with Gasteiger partial charge in [0.25, 0.3) is 0 Å². The molecule has 164 valence electrons. The summed E-state index contributed by atoms with van der Waals surface area (Å²) in [6.07, 6.45) is 13.3. The monoisotopic (exact) mass is 400 g/mol. The van der Waals surface area contributed by atoms with Crippen molar-refractivity contribution in [1.29, 1.82) is 0 Å². The number of carbonyl (C=O) groups is 2. The number of Topliss-reactive ketones (excluding diaryl/α,β-unsaturated/α-hetero) is 2. The quantitative estimate of drug-likeness (QED) is 0.473. The van der Waals surface area contributed by atoms with Crippen LogP contribution in [-0.2, 0) is 9.59 Å². The van der Waals surface area contributed by atoms with Crippen molar-refractivity contribution in [1.82, 2.24) is 0 Å². The lowest BCUT2D eigenvalue weighted by Gasteiger charge is -2.59. The number of hydrogen-bond acceptors (Lipinski definition) is 2. The van der Waals surface area contributed by atoms with Crippen LogP contribution in [0.15, 0.2) is 0 Å². The van der Waals surface area contributed by atoms with E-state index in [0.29, 0.717) is 29.6 Å². The number of fused-ring (bicyclic) bond motifs is 5. The molecule has 0 aromatic heterocycles. The average Bonchev–Trinajstić information content (AvgIpc) is 3.02. The lowest BCUT2D eigenvalue weighted by Crippen LogP contribution is -2.58. The maximum Gasteiger partial charge on any atom is 0.204 e. The first-order valence-electron chi connectivity index (χ1n) is 12.8. The molecule has 29 heavy (non-hydrogen) atoms. The third-order valence-corrected chi connectivity index (χ3v) is 10.6. The van der Waals surface area contributed by atoms with Crippen LogP contribution in [0.25, 0.3) is 0 Å². The fourth-order valence-electron chi connectivity index (χ4n) is 8.97. The lowest BCUT2D eigenvalue weighted by atomic mass is 9.44. The highest BCUT2D eigenvalue weighted by Gasteiger charge is 2.63. The first kappa shape index (κ1) is 21.6. The highest BCUT2D eigenvalue weighted by atomic mass is 16.2. The van der Waals surface area contributed by atoms with E-state index >= 15 is 0 Å². The fourth-order valence-corrected chi connectivity index (χ4v) is 8.97. The highest BCUT2D eigenvalue weighted by Crippen LogP contribution is 2.67. The molecule has 0 bridgehead atoms. The van der Waals surface area contributed by atoms with E-state index in [1.165, 1.54) is 57.8 Å². The number of rotatable bonds is 5. The summed E-state index contributed by atoms with van der Waals surface area (Å²) in [6.45, 7) is 12.0. The van der Waals surface area contributed by atoms with Crippen LogP contribution in [0.2, 0.25) is 0 Å². The van der Waals surface area contributed by atoms with Crippen molar-refractivity contribution in [2.45, 2.75) is 105 Å². The van der Waals surface area contributed by atoms with Crippen molar-refractivity contribution >= 4 is 11.6 Å². The van der Waals surface area contributed by atoms with E-state index in [0.717, 1.165) is 30.1 Å². The zero-order valence-electron chi connectivity index (χ0n) is 19.6. The Bertz CT molecular complexity index is 651. The van der Waals surface area contributed by atoms with Crippen LogP contribution < -0.4 is 0 Å². The molecule has 0 spiro atoms. The minimum atomic E-state index is -0.347. The van der Waals surface area contributed by atoms with Crippen LogP contribution in [0.1, 0.15) is 105 Å². The zero-order valence-corrected chi connectivity index (χ0v) is 19.6. The van der Waals surface area contributed by atoms with Gasteiger partial charge in [0.2, 0.25) is 5.78 Å². The molecule has 0 heterocycles. The van der Waals surface area contributed by atoms with E-state index in [-0.39, 0.29) is 17.0 Å². The molecule has 4 aliphatic rings. The summed E-state index contributed by atoms with van der Waals surface area (Å²) in [7, 11) is 0. The van der Waals surface area contributed by atoms with Crippen LogP contribution in [0.5, 0.6) is 0 Å². The molecular weight excluding hydrogens is 356 g/mol. The van der Waals surface area contributed by atoms with Gasteiger partial charge in [-0.3, -0.25) is 9.59 Å². The number of ketones is 2. The fraction of sp³-hybridized carbons (Fsp3) is 0.926. The Morgan fingerprint density at radius 1 is 0.897 bits per heavy atom. The molecule has 8 atom stereocenters. The van der Waals surface area contributed by atoms with Gasteiger partial charge in [-0.15, -0.1) is 0 Å². The third-order valence-electron chi connectivity index (χ3n) is 10.6. The molecule has 0 amide bonds. The average molecular weight is 401 g/mol. The van der Waals surface area contributed by atoms with Crippen molar-refractivity contribution in [3.05, 3.63) is 0 Å². The summed E-state index contributed by atoms with van der Waals surface area (Å²) in [4.78, 5) is 25.5. The van der Waals surface area contributed by atoms with E-state index in [4.69, 9.17) is 0 Å². The molecule has 0 N–H and O–H groups in total. The molecule has 4 rings (SSSR count). The van der Waals surface area contributed by atoms with Gasteiger partial charge in [-0.05, 0) is 91.8 Å². The first-order chi connectivity index (χ1) is 13.7. The minimum Gasteiger partial charge on any atom is -0.291 e. The van der Waals surface area contributed by atoms with Gasteiger partial charge in [0.15, 0.2) is 5.78 Å². The molecule has 0 aromatic carbocycles. The second-order valence-corrected chi connectivity index (χ2v) is 12.3. The van der Waals surface area contributed by atoms with Gasteiger partial charge in [-0.25, -0.2) is 0 Å². The van der Waals surface area contributed by atoms with E-state index in [9.17, 15) is 9.59 Å². The highest BCUT2D eigenvalue weighted by molar-refractivity contribution is 6.39. The van der Waals surface area contributed by atoms with Crippen molar-refractivity contribution in [3.63, 3.8) is 0 Å². The van der Waals surface area contributed by atoms with Gasteiger partial charge in [-0.1, -0.05) is 53.9 Å². The van der Waals surface area contributed by atoms with Crippen molar-refractivity contribution in [2.24, 2.45) is 52.3 Å². The molecule has 0 unspecified atom stereocenters. The van der Waals surface area contributed by atoms with Gasteiger partial charge >= 0.3 is 0 Å². The van der Waals surface area contributed by atoms with E-state index in [2.05, 4.69) is 34.6 Å². The summed E-state index contributed by atoms with van der Waals surface area (Å²) in [5, 5.41) is 0. The standard InChI is InChI=1S/C27H44O2/c1-17(2)7-6-8-18(3)21-12-13-22-20-11-9-19-10-14-24(28)25(29)27(19,5)23(20)15-16-26(21,22)4/h17-23H,6-16H2,1-5H3/t18-,19+,20+,21-,22-,23-,26+,27-/m0/s1. The Morgan fingerprint density at radius 2 is 1.66 bits per heavy atom. The first-order valence-corrected chi connectivity index (χ1v) is 12.8. The molecular formula is C27H44O2. The van der Waals surface area contributed by atoms with Crippen molar-refractivity contribution < 1.29 is 9.59 Å². The Morgan fingerprint density at radius 3 is 2.38 bits per heavy atom. The van der Waals surface area contributed by atoms with E-state index in [1.807, 2.05) is 0 Å². The van der Waals surface area contributed by atoms with Crippen molar-refractivity contribution in [3.8, 4) is 0 Å². The third kappa shape index (κ3) is 3.35. The normalized spacial score (nSPS) is 45.7. The Balaban J connectivity index is 1.51. The van der Waals surface area contributed by atoms with Crippen LogP contribution in [0.4, 0.5) is 0 Å². The second-order valence-electron chi connectivity index (χ2n) is 12.3. The van der Waals surface area contributed by atoms with Gasteiger partial charge in [0.1, 0.15) is 0 Å². The maximum atomic E-state index is 13.1. The molecule has 0 radical (unpaired) electrons. The van der Waals surface area contributed by atoms with Crippen molar-refractivity contribution in [2.75, 3.05) is 0 Å². The molecule has 4 aliphatic carbocycles. The molecule has 0 aliphatic heterocycles. The van der Waals surface area contributed by atoms with Crippen LogP contribution in [0, 0.1) is 52.3 Å². The molecule has 0 saturated heterocycles. The Kier molecular flexibility index (Phi) is 5.79. The molecule has 4 fully saturated rings. The summed E-state index contributed by atoms with van der Waals surface area (Å²) < 4.78 is 0. The molecule has 4 saturated carbocycles. The smallest absolute Gasteiger partial charge is 0.204 e.